The SMILES string of the molecule is Cn1cc(-c2cc(S(C)(=O)=O)ccc2OC2CCOC2)c2cc[nH]c(=O)c21. The van der Waals surface area contributed by atoms with Gasteiger partial charge in [-0.2, -0.15) is 0 Å². The normalized spacial score (nSPS) is 17.5. The Labute approximate surface area is 156 Å². The van der Waals surface area contributed by atoms with Gasteiger partial charge in [-0.25, -0.2) is 8.42 Å². The number of sulfone groups is 1. The maximum absolute atomic E-state index is 12.2. The van der Waals surface area contributed by atoms with E-state index < -0.39 is 9.84 Å². The van der Waals surface area contributed by atoms with Crippen molar-refractivity contribution in [2.45, 2.75) is 17.4 Å². The smallest absolute Gasteiger partial charge is 0.272 e. The monoisotopic (exact) mass is 388 g/mol. The van der Waals surface area contributed by atoms with Crippen LogP contribution in [0.4, 0.5) is 0 Å². The maximum Gasteiger partial charge on any atom is 0.272 e. The predicted molar refractivity (Wildman–Crippen MR) is 102 cm³/mol. The van der Waals surface area contributed by atoms with E-state index >= 15 is 0 Å². The van der Waals surface area contributed by atoms with Crippen LogP contribution in [0.3, 0.4) is 0 Å². The molecular weight excluding hydrogens is 368 g/mol. The summed E-state index contributed by atoms with van der Waals surface area (Å²) in [5.74, 6) is 0.575. The predicted octanol–water partition coefficient (Wildman–Crippen LogP) is 2.10. The lowest BCUT2D eigenvalue weighted by Crippen LogP contribution is -2.16. The standard InChI is InChI=1S/C19H20N2O5S/c1-21-10-16(14-5-7-20-19(22)18(14)21)15-9-13(27(2,23)24)3-4-17(15)26-12-6-8-25-11-12/h3-5,7,9-10,12H,6,8,11H2,1-2H3,(H,20,22). The number of benzene rings is 1. The molecule has 0 bridgehead atoms. The lowest BCUT2D eigenvalue weighted by atomic mass is 10.0. The number of nitrogens with zero attached hydrogens (tertiary/aromatic N) is 1. The van der Waals surface area contributed by atoms with Crippen LogP contribution in [0.15, 0.2) is 46.3 Å². The third-order valence-corrected chi connectivity index (χ3v) is 5.86. The summed E-state index contributed by atoms with van der Waals surface area (Å²) in [4.78, 5) is 15.1. The van der Waals surface area contributed by atoms with Gasteiger partial charge in [-0.1, -0.05) is 0 Å². The average molecular weight is 388 g/mol. The second kappa shape index (κ2) is 6.54. The number of aromatic nitrogens is 2. The molecule has 3 heterocycles. The number of nitrogens with one attached hydrogen (secondary N) is 1. The molecule has 1 aliphatic rings. The van der Waals surface area contributed by atoms with E-state index in [-0.39, 0.29) is 16.6 Å². The van der Waals surface area contributed by atoms with Crippen LogP contribution < -0.4 is 10.3 Å². The first-order chi connectivity index (χ1) is 12.8. The largest absolute Gasteiger partial charge is 0.487 e. The number of H-pyrrole nitrogens is 1. The number of fused-ring (bicyclic) bond motifs is 1. The number of aromatic amines is 1. The highest BCUT2D eigenvalue weighted by atomic mass is 32.2. The first-order valence-electron chi connectivity index (χ1n) is 8.60. The molecule has 2 aromatic heterocycles. The van der Waals surface area contributed by atoms with Crippen LogP contribution >= 0.6 is 0 Å². The van der Waals surface area contributed by atoms with E-state index in [2.05, 4.69) is 4.98 Å². The highest BCUT2D eigenvalue weighted by Crippen LogP contribution is 2.37. The maximum atomic E-state index is 12.2. The van der Waals surface area contributed by atoms with Gasteiger partial charge < -0.3 is 19.0 Å². The van der Waals surface area contributed by atoms with E-state index in [0.29, 0.717) is 30.0 Å². The molecule has 1 aromatic carbocycles. The van der Waals surface area contributed by atoms with Gasteiger partial charge in [0.25, 0.3) is 5.56 Å². The minimum absolute atomic E-state index is 0.0776. The molecule has 142 valence electrons. The molecule has 27 heavy (non-hydrogen) atoms. The van der Waals surface area contributed by atoms with Crippen LogP contribution in [-0.2, 0) is 21.6 Å². The van der Waals surface area contributed by atoms with Crippen molar-refractivity contribution in [2.24, 2.45) is 7.05 Å². The van der Waals surface area contributed by atoms with Crippen molar-refractivity contribution in [3.8, 4) is 16.9 Å². The first-order valence-corrected chi connectivity index (χ1v) is 10.5. The number of hydrogen-bond acceptors (Lipinski definition) is 5. The van der Waals surface area contributed by atoms with Crippen LogP contribution in [0, 0.1) is 0 Å². The molecule has 1 N–H and O–H groups in total. The summed E-state index contributed by atoms with van der Waals surface area (Å²) < 4.78 is 37.4. The summed E-state index contributed by atoms with van der Waals surface area (Å²) >= 11 is 0. The molecule has 1 unspecified atom stereocenters. The Hall–Kier alpha value is -2.58. The van der Waals surface area contributed by atoms with Gasteiger partial charge in [-0.15, -0.1) is 0 Å². The molecule has 3 aromatic rings. The topological polar surface area (TPSA) is 90.4 Å². The van der Waals surface area contributed by atoms with Gasteiger partial charge in [-0.05, 0) is 24.3 Å². The lowest BCUT2D eigenvalue weighted by Gasteiger charge is -2.16. The number of rotatable bonds is 4. The lowest BCUT2D eigenvalue weighted by molar-refractivity contribution is 0.141. The fourth-order valence-corrected chi connectivity index (χ4v) is 4.07. The minimum atomic E-state index is -3.39. The Morgan fingerprint density at radius 1 is 1.26 bits per heavy atom. The zero-order valence-electron chi connectivity index (χ0n) is 15.1. The number of ether oxygens (including phenoxy) is 2. The summed E-state index contributed by atoms with van der Waals surface area (Å²) in [5, 5.41) is 0.736. The van der Waals surface area contributed by atoms with Gasteiger partial charge in [-0.3, -0.25) is 4.79 Å². The van der Waals surface area contributed by atoms with E-state index in [0.717, 1.165) is 17.4 Å². The highest BCUT2D eigenvalue weighted by Gasteiger charge is 2.22. The molecule has 0 spiro atoms. The molecule has 1 fully saturated rings. The first kappa shape index (κ1) is 17.8. The van der Waals surface area contributed by atoms with E-state index in [1.54, 1.807) is 36.0 Å². The van der Waals surface area contributed by atoms with Crippen LogP contribution in [0.2, 0.25) is 0 Å². The highest BCUT2D eigenvalue weighted by molar-refractivity contribution is 7.90. The molecule has 1 aliphatic heterocycles. The van der Waals surface area contributed by atoms with E-state index in [4.69, 9.17) is 9.47 Å². The van der Waals surface area contributed by atoms with E-state index in [9.17, 15) is 13.2 Å². The second-order valence-corrected chi connectivity index (χ2v) is 8.77. The fourth-order valence-electron chi connectivity index (χ4n) is 3.42. The van der Waals surface area contributed by atoms with E-state index in [1.165, 1.54) is 6.26 Å². The molecule has 1 atom stereocenters. The molecule has 1 saturated heterocycles. The zero-order chi connectivity index (χ0) is 19.2. The third kappa shape index (κ3) is 3.26. The van der Waals surface area contributed by atoms with Crippen LogP contribution in [0.1, 0.15) is 6.42 Å². The Morgan fingerprint density at radius 2 is 2.07 bits per heavy atom. The van der Waals surface area contributed by atoms with Crippen molar-refractivity contribution in [3.63, 3.8) is 0 Å². The van der Waals surface area contributed by atoms with Gasteiger partial charge in [0.1, 0.15) is 17.4 Å². The Bertz CT molecular complexity index is 1170. The van der Waals surface area contributed by atoms with Crippen LogP contribution in [0.5, 0.6) is 5.75 Å². The number of pyridine rings is 1. The summed E-state index contributed by atoms with van der Waals surface area (Å²) in [7, 11) is -1.60. The molecule has 0 radical (unpaired) electrons. The molecule has 0 saturated carbocycles. The minimum Gasteiger partial charge on any atom is -0.487 e. The molecule has 4 rings (SSSR count). The zero-order valence-corrected chi connectivity index (χ0v) is 15.9. The van der Waals surface area contributed by atoms with Gasteiger partial charge in [0, 0.05) is 48.6 Å². The van der Waals surface area contributed by atoms with Crippen LogP contribution in [-0.4, -0.2) is 43.5 Å². The van der Waals surface area contributed by atoms with Crippen molar-refractivity contribution >= 4 is 20.7 Å². The Morgan fingerprint density at radius 3 is 2.78 bits per heavy atom. The summed E-state index contributed by atoms with van der Waals surface area (Å²) in [5.41, 5.74) is 1.71. The van der Waals surface area contributed by atoms with Gasteiger partial charge in [0.15, 0.2) is 9.84 Å². The van der Waals surface area contributed by atoms with Crippen molar-refractivity contribution in [3.05, 3.63) is 47.0 Å². The molecule has 8 heteroatoms. The van der Waals surface area contributed by atoms with Crippen molar-refractivity contribution < 1.29 is 17.9 Å². The Kier molecular flexibility index (Phi) is 4.32. The quantitative estimate of drug-likeness (QED) is 0.739. The molecular formula is C19H20N2O5S. The second-order valence-electron chi connectivity index (χ2n) is 6.76. The summed E-state index contributed by atoms with van der Waals surface area (Å²) in [6.07, 6.45) is 5.28. The summed E-state index contributed by atoms with van der Waals surface area (Å²) in [6, 6.07) is 6.63. The molecule has 0 amide bonds. The number of hydrogen-bond donors (Lipinski definition) is 1. The summed E-state index contributed by atoms with van der Waals surface area (Å²) in [6.45, 7) is 1.15. The van der Waals surface area contributed by atoms with E-state index in [1.807, 2.05) is 12.3 Å². The van der Waals surface area contributed by atoms with Gasteiger partial charge in [0.05, 0.1) is 18.1 Å². The Balaban J connectivity index is 1.94. The van der Waals surface area contributed by atoms with Gasteiger partial charge in [0.2, 0.25) is 0 Å². The fraction of sp³-hybridized carbons (Fsp3) is 0.316. The van der Waals surface area contributed by atoms with Crippen LogP contribution in [0.25, 0.3) is 22.0 Å². The molecule has 7 nitrogen and oxygen atoms in total. The third-order valence-electron chi connectivity index (χ3n) is 4.75. The van der Waals surface area contributed by atoms with Crippen molar-refractivity contribution in [1.29, 1.82) is 0 Å². The molecule has 0 aliphatic carbocycles. The number of aryl methyl sites for hydroxylation is 1. The average Bonchev–Trinajstić information content (AvgIpc) is 3.23. The van der Waals surface area contributed by atoms with Gasteiger partial charge >= 0.3 is 0 Å². The van der Waals surface area contributed by atoms with Crippen molar-refractivity contribution in [2.75, 3.05) is 19.5 Å². The van der Waals surface area contributed by atoms with Crippen molar-refractivity contribution in [1.82, 2.24) is 9.55 Å².